The second-order valence-electron chi connectivity index (χ2n) is 13.0. The Morgan fingerprint density at radius 3 is 1.72 bits per heavy atom. The van der Waals surface area contributed by atoms with E-state index in [9.17, 15) is 0 Å². The van der Waals surface area contributed by atoms with Crippen molar-refractivity contribution < 1.29 is 4.42 Å². The predicted molar refractivity (Wildman–Crippen MR) is 212 cm³/mol. The van der Waals surface area contributed by atoms with Crippen molar-refractivity contribution in [3.63, 3.8) is 0 Å². The van der Waals surface area contributed by atoms with Crippen LogP contribution >= 0.6 is 0 Å². The van der Waals surface area contributed by atoms with Gasteiger partial charge in [-0.2, -0.15) is 0 Å². The lowest BCUT2D eigenvalue weighted by molar-refractivity contribution is 0.669. The lowest BCUT2D eigenvalue weighted by Crippen LogP contribution is -2.10. The molecular weight excluding hydrogens is 607 g/mol. The molecule has 1 aromatic heterocycles. The number of benzene rings is 9. The van der Waals surface area contributed by atoms with Gasteiger partial charge < -0.3 is 9.32 Å². The molecule has 0 radical (unpaired) electrons. The summed E-state index contributed by atoms with van der Waals surface area (Å²) in [6, 6.07) is 67.5. The van der Waals surface area contributed by atoms with Crippen LogP contribution in [-0.4, -0.2) is 0 Å². The van der Waals surface area contributed by atoms with Crippen molar-refractivity contribution in [2.45, 2.75) is 0 Å². The molecule has 9 aromatic carbocycles. The van der Waals surface area contributed by atoms with Crippen molar-refractivity contribution in [1.82, 2.24) is 0 Å². The Labute approximate surface area is 290 Å². The van der Waals surface area contributed by atoms with E-state index in [2.05, 4.69) is 193 Å². The summed E-state index contributed by atoms with van der Waals surface area (Å²) in [5, 5.41) is 9.67. The average molecular weight is 638 g/mol. The maximum Gasteiger partial charge on any atom is 0.137 e. The Balaban J connectivity index is 1.15. The van der Waals surface area contributed by atoms with Crippen LogP contribution in [0.1, 0.15) is 0 Å². The highest BCUT2D eigenvalue weighted by Gasteiger charge is 2.18. The van der Waals surface area contributed by atoms with Gasteiger partial charge in [-0.15, -0.1) is 0 Å². The van der Waals surface area contributed by atoms with Crippen LogP contribution in [0.2, 0.25) is 0 Å². The lowest BCUT2D eigenvalue weighted by atomic mass is 9.93. The topological polar surface area (TPSA) is 16.4 Å². The van der Waals surface area contributed by atoms with Gasteiger partial charge in [-0.3, -0.25) is 0 Å². The molecule has 0 aliphatic heterocycles. The fraction of sp³-hybridized carbons (Fsp3) is 0. The van der Waals surface area contributed by atoms with E-state index in [1.165, 1.54) is 54.6 Å². The smallest absolute Gasteiger partial charge is 0.137 e. The molecule has 0 atom stereocenters. The molecule has 10 aromatic rings. The molecule has 2 nitrogen and oxygen atoms in total. The fourth-order valence-corrected chi connectivity index (χ4v) is 7.58. The SMILES string of the molecule is c1ccc(-c2ccc(N(c3cccc(-c4cc5ccccc5c5ccccc45)c3)c3ccc4c(c3)oc3cc5ccccc5cc34)cc2)cc1. The molecule has 2 heteroatoms. The standard InChI is InChI=1S/C48H31NO/c1-2-11-32(12-3-1)33-21-23-38(24-22-33)49(40-25-26-44-46-28-34-13-4-5-14-35(34)30-47(46)50-48(44)31-40)39-17-10-16-36(27-39)45-29-37-15-6-7-18-41(37)42-19-8-9-20-43(42)45/h1-31H. The molecule has 50 heavy (non-hydrogen) atoms. The van der Waals surface area contributed by atoms with E-state index >= 15 is 0 Å². The highest BCUT2D eigenvalue weighted by Crippen LogP contribution is 2.42. The highest BCUT2D eigenvalue weighted by molar-refractivity contribution is 6.14. The minimum Gasteiger partial charge on any atom is -0.456 e. The molecule has 1 heterocycles. The monoisotopic (exact) mass is 637 g/mol. The van der Waals surface area contributed by atoms with Gasteiger partial charge >= 0.3 is 0 Å². The molecule has 234 valence electrons. The second kappa shape index (κ2) is 11.5. The molecule has 0 N–H and O–H groups in total. The molecule has 0 aliphatic rings. The summed E-state index contributed by atoms with van der Waals surface area (Å²) >= 11 is 0. The molecule has 0 bridgehead atoms. The molecule has 0 saturated carbocycles. The predicted octanol–water partition coefficient (Wildman–Crippen LogP) is 13.8. The van der Waals surface area contributed by atoms with Gasteiger partial charge in [-0.1, -0.05) is 127 Å². The van der Waals surface area contributed by atoms with Gasteiger partial charge in [0.1, 0.15) is 11.2 Å². The van der Waals surface area contributed by atoms with E-state index in [0.717, 1.165) is 39.0 Å². The Kier molecular flexibility index (Phi) is 6.53. The van der Waals surface area contributed by atoms with Crippen LogP contribution in [-0.2, 0) is 0 Å². The van der Waals surface area contributed by atoms with Crippen molar-refractivity contribution in [1.29, 1.82) is 0 Å². The second-order valence-corrected chi connectivity index (χ2v) is 13.0. The maximum atomic E-state index is 6.56. The Bertz CT molecular complexity index is 2870. The van der Waals surface area contributed by atoms with Crippen LogP contribution in [0, 0.1) is 0 Å². The molecule has 0 fully saturated rings. The zero-order valence-electron chi connectivity index (χ0n) is 27.3. The van der Waals surface area contributed by atoms with Crippen molar-refractivity contribution in [3.05, 3.63) is 188 Å². The molecule has 0 saturated heterocycles. The number of rotatable bonds is 5. The number of fused-ring (bicyclic) bond motifs is 7. The van der Waals surface area contributed by atoms with Gasteiger partial charge in [0.25, 0.3) is 0 Å². The molecule has 0 amide bonds. The zero-order chi connectivity index (χ0) is 33.0. The van der Waals surface area contributed by atoms with Gasteiger partial charge in [0.05, 0.1) is 0 Å². The fourth-order valence-electron chi connectivity index (χ4n) is 7.58. The summed E-state index contributed by atoms with van der Waals surface area (Å²) in [4.78, 5) is 2.34. The van der Waals surface area contributed by atoms with Crippen LogP contribution in [0.25, 0.3) is 76.5 Å². The highest BCUT2D eigenvalue weighted by atomic mass is 16.3. The van der Waals surface area contributed by atoms with Crippen LogP contribution in [0.15, 0.2) is 192 Å². The van der Waals surface area contributed by atoms with E-state index in [0.29, 0.717) is 0 Å². The quantitative estimate of drug-likeness (QED) is 0.175. The summed E-state index contributed by atoms with van der Waals surface area (Å²) in [6.07, 6.45) is 0. The van der Waals surface area contributed by atoms with Gasteiger partial charge in [0, 0.05) is 33.9 Å². The van der Waals surface area contributed by atoms with Crippen molar-refractivity contribution >= 4 is 71.3 Å². The molecular formula is C48H31NO. The first-order valence-corrected chi connectivity index (χ1v) is 17.1. The Morgan fingerprint density at radius 1 is 0.300 bits per heavy atom. The number of hydrogen-bond donors (Lipinski definition) is 0. The number of anilines is 3. The third-order valence-corrected chi connectivity index (χ3v) is 10.00. The number of hydrogen-bond acceptors (Lipinski definition) is 2. The number of furan rings is 1. The zero-order valence-corrected chi connectivity index (χ0v) is 27.3. The summed E-state index contributed by atoms with van der Waals surface area (Å²) in [7, 11) is 0. The summed E-state index contributed by atoms with van der Waals surface area (Å²) in [5.41, 5.74) is 9.74. The van der Waals surface area contributed by atoms with Gasteiger partial charge in [-0.05, 0) is 109 Å². The van der Waals surface area contributed by atoms with Gasteiger partial charge in [0.2, 0.25) is 0 Å². The molecule has 0 spiro atoms. The first-order chi connectivity index (χ1) is 24.8. The summed E-state index contributed by atoms with van der Waals surface area (Å²) in [5.74, 6) is 0. The van der Waals surface area contributed by atoms with E-state index in [1.807, 2.05) is 0 Å². The van der Waals surface area contributed by atoms with Crippen molar-refractivity contribution in [3.8, 4) is 22.3 Å². The Morgan fingerprint density at radius 2 is 0.900 bits per heavy atom. The van der Waals surface area contributed by atoms with Gasteiger partial charge in [-0.25, -0.2) is 0 Å². The minimum atomic E-state index is 0.871. The van der Waals surface area contributed by atoms with Crippen LogP contribution < -0.4 is 4.90 Å². The molecule has 0 unspecified atom stereocenters. The average Bonchev–Trinajstić information content (AvgIpc) is 3.54. The third-order valence-electron chi connectivity index (χ3n) is 10.00. The van der Waals surface area contributed by atoms with Gasteiger partial charge in [0.15, 0.2) is 0 Å². The molecule has 10 rings (SSSR count). The largest absolute Gasteiger partial charge is 0.456 e. The van der Waals surface area contributed by atoms with Crippen LogP contribution in [0.5, 0.6) is 0 Å². The van der Waals surface area contributed by atoms with Crippen molar-refractivity contribution in [2.24, 2.45) is 0 Å². The Hall–Kier alpha value is -6.64. The first-order valence-electron chi connectivity index (χ1n) is 17.1. The van der Waals surface area contributed by atoms with E-state index in [4.69, 9.17) is 4.42 Å². The summed E-state index contributed by atoms with van der Waals surface area (Å²) in [6.45, 7) is 0. The van der Waals surface area contributed by atoms with Crippen LogP contribution in [0.4, 0.5) is 17.1 Å². The normalized spacial score (nSPS) is 11.6. The summed E-state index contributed by atoms with van der Waals surface area (Å²) < 4.78 is 6.56. The number of nitrogens with zero attached hydrogens (tertiary/aromatic N) is 1. The lowest BCUT2D eigenvalue weighted by Gasteiger charge is -2.26. The van der Waals surface area contributed by atoms with E-state index in [-0.39, 0.29) is 0 Å². The van der Waals surface area contributed by atoms with Crippen molar-refractivity contribution in [2.75, 3.05) is 4.90 Å². The van der Waals surface area contributed by atoms with Crippen LogP contribution in [0.3, 0.4) is 0 Å². The third kappa shape index (κ3) is 4.73. The molecule has 0 aliphatic carbocycles. The first kappa shape index (κ1) is 28.4. The van der Waals surface area contributed by atoms with E-state index < -0.39 is 0 Å². The minimum absolute atomic E-state index is 0.871. The maximum absolute atomic E-state index is 6.56. The van der Waals surface area contributed by atoms with E-state index in [1.54, 1.807) is 0 Å².